The number of nitrogens with zero attached hydrogens (tertiary/aromatic N) is 1. The molecule has 1 aromatic rings. The Kier molecular flexibility index (Phi) is 11.3. The van der Waals surface area contributed by atoms with Crippen molar-refractivity contribution >= 4 is 35.3 Å². The summed E-state index contributed by atoms with van der Waals surface area (Å²) in [5.74, 6) is -2.66. The summed E-state index contributed by atoms with van der Waals surface area (Å²) in [6, 6.07) is 2.84. The first kappa shape index (κ1) is 30.5. The second kappa shape index (κ2) is 13.7. The second-order valence-electron chi connectivity index (χ2n) is 9.40. The molecule has 0 aromatic heterocycles. The van der Waals surface area contributed by atoms with Gasteiger partial charge in [-0.25, -0.2) is 0 Å². The van der Waals surface area contributed by atoms with Crippen LogP contribution in [0.4, 0.5) is 13.2 Å². The van der Waals surface area contributed by atoms with Gasteiger partial charge < -0.3 is 20.0 Å². The lowest BCUT2D eigenvalue weighted by molar-refractivity contribution is -0.147. The third-order valence-electron chi connectivity index (χ3n) is 5.98. The minimum Gasteiger partial charge on any atom is -0.481 e. The Balaban J connectivity index is 2.44. The van der Waals surface area contributed by atoms with E-state index in [1.165, 1.54) is 18.9 Å². The molecule has 0 fully saturated rings. The molecule has 0 bridgehead atoms. The molecular formula is C25H33F3N2O6S. The van der Waals surface area contributed by atoms with E-state index >= 15 is 0 Å². The molecule has 1 atom stereocenters. The molecule has 2 N–H and O–H groups in total. The number of ether oxygens (including phenoxy) is 1. The van der Waals surface area contributed by atoms with E-state index in [9.17, 15) is 27.6 Å². The van der Waals surface area contributed by atoms with Gasteiger partial charge in [0.15, 0.2) is 0 Å². The largest absolute Gasteiger partial charge is 0.481 e. The topological polar surface area (TPSA) is 114 Å². The fourth-order valence-corrected chi connectivity index (χ4v) is 4.85. The Labute approximate surface area is 218 Å². The number of thioether (sulfide) groups is 1. The van der Waals surface area contributed by atoms with Gasteiger partial charge in [0.25, 0.3) is 5.91 Å². The number of oxime groups is 1. The molecule has 1 unspecified atom stereocenters. The van der Waals surface area contributed by atoms with Crippen LogP contribution in [0.2, 0.25) is 0 Å². The molecule has 12 heteroatoms. The van der Waals surface area contributed by atoms with Gasteiger partial charge in [-0.15, -0.1) is 0 Å². The number of carboxylic acids is 1. The first-order chi connectivity index (χ1) is 17.3. The quantitative estimate of drug-likeness (QED) is 0.306. The summed E-state index contributed by atoms with van der Waals surface area (Å²) in [4.78, 5) is 41.8. The Bertz CT molecular complexity index is 997. The zero-order valence-corrected chi connectivity index (χ0v) is 22.0. The summed E-state index contributed by atoms with van der Waals surface area (Å²) in [6.45, 7) is 4.03. The van der Waals surface area contributed by atoms with Gasteiger partial charge in [0.2, 0.25) is 0 Å². The molecule has 0 spiro atoms. The average molecular weight is 547 g/mol. The zero-order chi connectivity index (χ0) is 27.6. The van der Waals surface area contributed by atoms with Crippen LogP contribution in [0.25, 0.3) is 0 Å². The second-order valence-corrected chi connectivity index (χ2v) is 10.6. The summed E-state index contributed by atoms with van der Waals surface area (Å²) in [5.41, 5.74) is -0.754. The molecule has 37 heavy (non-hydrogen) atoms. The van der Waals surface area contributed by atoms with Crippen LogP contribution < -0.4 is 5.32 Å². The fourth-order valence-electron chi connectivity index (χ4n) is 3.82. The number of esters is 1. The van der Waals surface area contributed by atoms with E-state index in [0.717, 1.165) is 18.2 Å². The van der Waals surface area contributed by atoms with Crippen LogP contribution in [0.5, 0.6) is 0 Å². The summed E-state index contributed by atoms with van der Waals surface area (Å²) in [6.07, 6.45) is -3.21. The van der Waals surface area contributed by atoms with Crippen molar-refractivity contribution in [3.05, 3.63) is 34.9 Å². The van der Waals surface area contributed by atoms with Crippen LogP contribution in [0, 0.1) is 11.3 Å². The number of hydrogen-bond acceptors (Lipinski definition) is 7. The molecule has 1 aromatic carbocycles. The van der Waals surface area contributed by atoms with Crippen molar-refractivity contribution in [2.45, 2.75) is 52.1 Å². The number of halogens is 3. The molecule has 0 aliphatic carbocycles. The fraction of sp³-hybridized carbons (Fsp3) is 0.600. The van der Waals surface area contributed by atoms with Gasteiger partial charge in [0.05, 0.1) is 30.2 Å². The maximum absolute atomic E-state index is 13.5. The van der Waals surface area contributed by atoms with Crippen LogP contribution in [-0.4, -0.2) is 60.4 Å². The van der Waals surface area contributed by atoms with Crippen LogP contribution in [0.15, 0.2) is 23.4 Å². The van der Waals surface area contributed by atoms with Crippen molar-refractivity contribution < 1.29 is 42.2 Å². The average Bonchev–Trinajstić information content (AvgIpc) is 2.82. The highest BCUT2D eigenvalue weighted by Gasteiger charge is 2.33. The number of hydrogen-bond donors (Lipinski definition) is 2. The number of aliphatic carboxylic acids is 1. The standard InChI is InChI=1S/C25H33F3N2O6S/c1-24(2)15-29-22(33)19-8-7-18(25(26,27)28)13-16(19)12-17(14-37-11-9-21(31)32)23(34)36-10-5-4-6-20(24)30-35-3/h7-8,13,17H,4-6,9-12,14-15H2,1-3H3,(H,29,33)(H,31,32)/b30-20+. The summed E-state index contributed by atoms with van der Waals surface area (Å²) in [5, 5.41) is 15.8. The number of benzene rings is 1. The third-order valence-corrected chi connectivity index (χ3v) is 7.11. The summed E-state index contributed by atoms with van der Waals surface area (Å²) in [7, 11) is 1.42. The van der Waals surface area contributed by atoms with Gasteiger partial charge in [0.1, 0.15) is 7.11 Å². The van der Waals surface area contributed by atoms with E-state index in [1.807, 2.05) is 13.8 Å². The Morgan fingerprint density at radius 1 is 1.30 bits per heavy atom. The number of alkyl halides is 3. The van der Waals surface area contributed by atoms with Crippen molar-refractivity contribution in [1.82, 2.24) is 5.32 Å². The minimum absolute atomic E-state index is 0.0252. The highest BCUT2D eigenvalue weighted by atomic mass is 32.2. The van der Waals surface area contributed by atoms with Crippen molar-refractivity contribution in [3.63, 3.8) is 0 Å². The lowest BCUT2D eigenvalue weighted by Crippen LogP contribution is -2.39. The van der Waals surface area contributed by atoms with E-state index in [4.69, 9.17) is 14.7 Å². The van der Waals surface area contributed by atoms with Crippen molar-refractivity contribution in [3.8, 4) is 0 Å². The number of carbonyl (C=O) groups excluding carboxylic acids is 2. The maximum atomic E-state index is 13.5. The first-order valence-electron chi connectivity index (χ1n) is 11.9. The van der Waals surface area contributed by atoms with Gasteiger partial charge in [-0.2, -0.15) is 24.9 Å². The van der Waals surface area contributed by atoms with E-state index < -0.39 is 40.9 Å². The molecule has 206 valence electrons. The highest BCUT2D eigenvalue weighted by Crippen LogP contribution is 2.32. The van der Waals surface area contributed by atoms with Gasteiger partial charge >= 0.3 is 18.1 Å². The van der Waals surface area contributed by atoms with Crippen LogP contribution in [0.1, 0.15) is 61.0 Å². The maximum Gasteiger partial charge on any atom is 0.416 e. The van der Waals surface area contributed by atoms with E-state index in [0.29, 0.717) is 25.0 Å². The summed E-state index contributed by atoms with van der Waals surface area (Å²) < 4.78 is 45.9. The van der Waals surface area contributed by atoms with Gasteiger partial charge in [-0.05, 0) is 49.4 Å². The number of carbonyl (C=O) groups is 3. The molecule has 0 saturated carbocycles. The first-order valence-corrected chi connectivity index (χ1v) is 13.1. The lowest BCUT2D eigenvalue weighted by atomic mass is 9.84. The molecule has 2 rings (SSSR count). The number of amides is 1. The smallest absolute Gasteiger partial charge is 0.416 e. The highest BCUT2D eigenvalue weighted by molar-refractivity contribution is 7.99. The zero-order valence-electron chi connectivity index (χ0n) is 21.2. The van der Waals surface area contributed by atoms with E-state index in [1.54, 1.807) is 0 Å². The van der Waals surface area contributed by atoms with Crippen molar-refractivity contribution in [1.29, 1.82) is 0 Å². The van der Waals surface area contributed by atoms with Crippen LogP contribution in [-0.2, 0) is 31.8 Å². The Hall–Kier alpha value is -2.76. The van der Waals surface area contributed by atoms with Gasteiger partial charge in [-0.1, -0.05) is 19.0 Å². The number of carboxylic acid groups (broad SMARTS) is 1. The number of fused-ring (bicyclic) bond motifs is 1. The molecule has 1 amide bonds. The number of nitrogens with one attached hydrogen (secondary N) is 1. The minimum atomic E-state index is -4.64. The summed E-state index contributed by atoms with van der Waals surface area (Å²) >= 11 is 1.20. The third kappa shape index (κ3) is 9.56. The van der Waals surface area contributed by atoms with Crippen molar-refractivity contribution in [2.24, 2.45) is 16.5 Å². The molecule has 1 heterocycles. The predicted molar refractivity (Wildman–Crippen MR) is 134 cm³/mol. The van der Waals surface area contributed by atoms with E-state index in [2.05, 4.69) is 10.5 Å². The van der Waals surface area contributed by atoms with Gasteiger partial charge in [0, 0.05) is 29.0 Å². The number of cyclic esters (lactones) is 1. The SMILES string of the molecule is CO/N=C1\CCCCOC(=O)C(CSCCC(=O)O)Cc2cc(C(F)(F)F)ccc2C(=O)NCC1(C)C. The van der Waals surface area contributed by atoms with Crippen LogP contribution in [0.3, 0.4) is 0 Å². The van der Waals surface area contributed by atoms with Gasteiger partial charge in [-0.3, -0.25) is 14.4 Å². The predicted octanol–water partition coefficient (Wildman–Crippen LogP) is 4.56. The lowest BCUT2D eigenvalue weighted by Gasteiger charge is -2.27. The number of rotatable bonds is 6. The normalized spacial score (nSPS) is 20.7. The molecule has 1 aliphatic rings. The van der Waals surface area contributed by atoms with E-state index in [-0.39, 0.29) is 48.6 Å². The monoisotopic (exact) mass is 546 g/mol. The molecule has 0 radical (unpaired) electrons. The molecule has 8 nitrogen and oxygen atoms in total. The molecule has 1 aliphatic heterocycles. The Morgan fingerprint density at radius 3 is 2.68 bits per heavy atom. The van der Waals surface area contributed by atoms with Crippen molar-refractivity contribution in [2.75, 3.05) is 31.8 Å². The molecular weight excluding hydrogens is 513 g/mol. The van der Waals surface area contributed by atoms with Crippen LogP contribution >= 0.6 is 11.8 Å². The Morgan fingerprint density at radius 2 is 2.03 bits per heavy atom. The molecule has 0 saturated heterocycles.